The molecule has 3 heteroatoms. The Morgan fingerprint density at radius 3 is 2.43 bits per heavy atom. The summed E-state index contributed by atoms with van der Waals surface area (Å²) in [5.41, 5.74) is 3.55. The highest BCUT2D eigenvalue weighted by Gasteiger charge is 2.01. The molecule has 0 spiro atoms. The van der Waals surface area contributed by atoms with Gasteiger partial charge in [0, 0.05) is 6.42 Å². The second kappa shape index (κ2) is 12.2. The van der Waals surface area contributed by atoms with Crippen LogP contribution in [0, 0.1) is 0 Å². The minimum atomic E-state index is -0.0300. The number of rotatable bonds is 12. The first-order valence-corrected chi connectivity index (χ1v) is 7.88. The molecule has 0 aliphatic rings. The third-order valence-electron chi connectivity index (χ3n) is 3.33. The number of benzene rings is 1. The van der Waals surface area contributed by atoms with Crippen LogP contribution in [0.4, 0.5) is 0 Å². The molecule has 0 saturated carbocycles. The van der Waals surface area contributed by atoms with Gasteiger partial charge in [0.2, 0.25) is 5.91 Å². The van der Waals surface area contributed by atoms with E-state index in [1.54, 1.807) is 0 Å². The lowest BCUT2D eigenvalue weighted by Gasteiger charge is -2.06. The largest absolute Gasteiger partial charge is 0.273 e. The van der Waals surface area contributed by atoms with Crippen molar-refractivity contribution in [3.05, 3.63) is 48.6 Å². The zero-order valence-corrected chi connectivity index (χ0v) is 12.9. The van der Waals surface area contributed by atoms with E-state index in [2.05, 4.69) is 12.1 Å². The third kappa shape index (κ3) is 9.85. The van der Waals surface area contributed by atoms with Gasteiger partial charge >= 0.3 is 0 Å². The van der Waals surface area contributed by atoms with E-state index in [0.29, 0.717) is 13.0 Å². The second-order valence-electron chi connectivity index (χ2n) is 5.25. The summed E-state index contributed by atoms with van der Waals surface area (Å²) in [5, 5.41) is 0. The van der Waals surface area contributed by atoms with Crippen LogP contribution in [0.1, 0.15) is 56.9 Å². The summed E-state index contributed by atoms with van der Waals surface area (Å²) >= 11 is 0. The molecule has 0 bridgehead atoms. The third-order valence-corrected chi connectivity index (χ3v) is 3.33. The number of hydroxylamine groups is 1. The van der Waals surface area contributed by atoms with E-state index >= 15 is 0 Å². The molecular weight excluding hydrogens is 262 g/mol. The van der Waals surface area contributed by atoms with Gasteiger partial charge in [0.25, 0.3) is 0 Å². The first-order chi connectivity index (χ1) is 10.3. The Kier molecular flexibility index (Phi) is 10.1. The van der Waals surface area contributed by atoms with Crippen molar-refractivity contribution in [2.45, 2.75) is 58.0 Å². The van der Waals surface area contributed by atoms with Crippen LogP contribution in [-0.2, 0) is 16.2 Å². The van der Waals surface area contributed by atoms with E-state index in [9.17, 15) is 4.79 Å². The van der Waals surface area contributed by atoms with Crippen LogP contribution in [-0.4, -0.2) is 5.91 Å². The van der Waals surface area contributed by atoms with E-state index in [4.69, 9.17) is 4.84 Å². The van der Waals surface area contributed by atoms with Gasteiger partial charge in [-0.25, -0.2) is 5.48 Å². The number of unbranched alkanes of at least 4 members (excludes halogenated alkanes) is 6. The van der Waals surface area contributed by atoms with Crippen molar-refractivity contribution in [2.24, 2.45) is 0 Å². The Morgan fingerprint density at radius 2 is 1.71 bits per heavy atom. The van der Waals surface area contributed by atoms with E-state index in [1.807, 2.05) is 36.4 Å². The van der Waals surface area contributed by atoms with Crippen molar-refractivity contribution in [2.75, 3.05) is 0 Å². The Morgan fingerprint density at radius 1 is 1.05 bits per heavy atom. The fourth-order valence-corrected chi connectivity index (χ4v) is 2.11. The molecule has 0 radical (unpaired) electrons. The van der Waals surface area contributed by atoms with Gasteiger partial charge in [-0.3, -0.25) is 9.63 Å². The lowest BCUT2D eigenvalue weighted by atomic mass is 10.1. The molecular formula is C18H27NO2. The molecule has 3 nitrogen and oxygen atoms in total. The van der Waals surface area contributed by atoms with Crippen LogP contribution in [0.5, 0.6) is 0 Å². The average Bonchev–Trinajstić information content (AvgIpc) is 2.51. The van der Waals surface area contributed by atoms with E-state index in [0.717, 1.165) is 24.8 Å². The van der Waals surface area contributed by atoms with Gasteiger partial charge in [-0.05, 0) is 24.8 Å². The molecule has 0 aliphatic heterocycles. The maximum Gasteiger partial charge on any atom is 0.243 e. The standard InChI is InChI=1S/C18H27NO2/c1-2-3-4-5-6-7-8-12-15-18(20)19-21-16-17-13-10-9-11-14-17/h2,9-11,13-14H,1,3-8,12,15-16H2,(H,19,20). The van der Waals surface area contributed by atoms with E-state index < -0.39 is 0 Å². The minimum Gasteiger partial charge on any atom is -0.273 e. The summed E-state index contributed by atoms with van der Waals surface area (Å²) in [6.07, 6.45) is 10.6. The molecule has 0 fully saturated rings. The monoisotopic (exact) mass is 289 g/mol. The average molecular weight is 289 g/mol. The molecule has 21 heavy (non-hydrogen) atoms. The molecule has 0 saturated heterocycles. The number of carbonyl (C=O) groups excluding carboxylic acids is 1. The number of carbonyl (C=O) groups is 1. The summed E-state index contributed by atoms with van der Waals surface area (Å²) < 4.78 is 0. The molecule has 0 unspecified atom stereocenters. The van der Waals surface area contributed by atoms with Crippen LogP contribution >= 0.6 is 0 Å². The van der Waals surface area contributed by atoms with Gasteiger partial charge in [0.1, 0.15) is 0 Å². The SMILES string of the molecule is C=CCCCCCCCCC(=O)NOCc1ccccc1. The first-order valence-electron chi connectivity index (χ1n) is 7.88. The zero-order chi connectivity index (χ0) is 15.2. The van der Waals surface area contributed by atoms with Crippen molar-refractivity contribution in [1.29, 1.82) is 0 Å². The van der Waals surface area contributed by atoms with Crippen molar-refractivity contribution in [1.82, 2.24) is 5.48 Å². The van der Waals surface area contributed by atoms with Crippen LogP contribution < -0.4 is 5.48 Å². The Hall–Kier alpha value is -1.61. The first kappa shape index (κ1) is 17.4. The molecule has 1 aromatic carbocycles. The highest BCUT2D eigenvalue weighted by molar-refractivity contribution is 5.74. The van der Waals surface area contributed by atoms with Crippen molar-refractivity contribution < 1.29 is 9.63 Å². The van der Waals surface area contributed by atoms with Crippen molar-refractivity contribution >= 4 is 5.91 Å². The highest BCUT2D eigenvalue weighted by atomic mass is 16.6. The normalized spacial score (nSPS) is 10.3. The van der Waals surface area contributed by atoms with E-state index in [1.165, 1.54) is 25.7 Å². The zero-order valence-electron chi connectivity index (χ0n) is 12.9. The summed E-state index contributed by atoms with van der Waals surface area (Å²) in [4.78, 5) is 16.8. The summed E-state index contributed by atoms with van der Waals surface area (Å²) in [7, 11) is 0. The molecule has 1 N–H and O–H groups in total. The van der Waals surface area contributed by atoms with Crippen LogP contribution in [0.15, 0.2) is 43.0 Å². The fourth-order valence-electron chi connectivity index (χ4n) is 2.11. The number of amides is 1. The Labute approximate surface area is 128 Å². The Balaban J connectivity index is 1.91. The molecule has 116 valence electrons. The van der Waals surface area contributed by atoms with Crippen LogP contribution in [0.25, 0.3) is 0 Å². The predicted octanol–water partition coefficient (Wildman–Crippen LogP) is 4.54. The molecule has 1 rings (SSSR count). The second-order valence-corrected chi connectivity index (χ2v) is 5.25. The predicted molar refractivity (Wildman–Crippen MR) is 86.5 cm³/mol. The maximum absolute atomic E-state index is 11.6. The smallest absolute Gasteiger partial charge is 0.243 e. The highest BCUT2D eigenvalue weighted by Crippen LogP contribution is 2.08. The minimum absolute atomic E-state index is 0.0300. The molecule has 1 amide bonds. The van der Waals surface area contributed by atoms with Gasteiger partial charge in [0.05, 0.1) is 6.61 Å². The molecule has 0 atom stereocenters. The Bertz CT molecular complexity index is 389. The van der Waals surface area contributed by atoms with Crippen LogP contribution in [0.2, 0.25) is 0 Å². The fraction of sp³-hybridized carbons (Fsp3) is 0.500. The number of nitrogens with one attached hydrogen (secondary N) is 1. The topological polar surface area (TPSA) is 38.3 Å². The lowest BCUT2D eigenvalue weighted by molar-refractivity contribution is -0.134. The van der Waals surface area contributed by atoms with Crippen molar-refractivity contribution in [3.63, 3.8) is 0 Å². The van der Waals surface area contributed by atoms with Gasteiger partial charge in [-0.2, -0.15) is 0 Å². The summed E-state index contributed by atoms with van der Waals surface area (Å²) in [6.45, 7) is 4.13. The molecule has 0 aromatic heterocycles. The lowest BCUT2D eigenvalue weighted by Crippen LogP contribution is -2.23. The molecule has 1 aromatic rings. The van der Waals surface area contributed by atoms with Gasteiger partial charge in [0.15, 0.2) is 0 Å². The summed E-state index contributed by atoms with van der Waals surface area (Å²) in [5.74, 6) is -0.0300. The maximum atomic E-state index is 11.6. The quantitative estimate of drug-likeness (QED) is 0.348. The molecule has 0 heterocycles. The van der Waals surface area contributed by atoms with Gasteiger partial charge in [-0.1, -0.05) is 62.1 Å². The summed E-state index contributed by atoms with van der Waals surface area (Å²) in [6, 6.07) is 9.81. The van der Waals surface area contributed by atoms with Crippen LogP contribution in [0.3, 0.4) is 0 Å². The van der Waals surface area contributed by atoms with Crippen molar-refractivity contribution in [3.8, 4) is 0 Å². The number of hydrogen-bond acceptors (Lipinski definition) is 2. The van der Waals surface area contributed by atoms with Gasteiger partial charge < -0.3 is 0 Å². The van der Waals surface area contributed by atoms with E-state index in [-0.39, 0.29) is 5.91 Å². The number of hydrogen-bond donors (Lipinski definition) is 1. The molecule has 0 aliphatic carbocycles. The number of allylic oxidation sites excluding steroid dienone is 1. The van der Waals surface area contributed by atoms with Gasteiger partial charge in [-0.15, -0.1) is 6.58 Å².